The molecule has 5 heteroatoms. The molecule has 1 saturated heterocycles. The average Bonchev–Trinajstić information content (AvgIpc) is 2.17. The highest BCUT2D eigenvalue weighted by Gasteiger charge is 2.41. The minimum atomic E-state index is -4.02. The van der Waals surface area contributed by atoms with Gasteiger partial charge in [0.2, 0.25) is 0 Å². The van der Waals surface area contributed by atoms with Crippen molar-refractivity contribution >= 4 is 0 Å². The topological polar surface area (TPSA) is 15.3 Å². The first-order chi connectivity index (χ1) is 7.43. The van der Waals surface area contributed by atoms with E-state index in [1.54, 1.807) is 0 Å². The number of piperidine rings is 1. The van der Waals surface area contributed by atoms with E-state index in [0.717, 1.165) is 19.6 Å². The van der Waals surface area contributed by atoms with Crippen LogP contribution in [-0.2, 0) is 0 Å². The average molecular weight is 238 g/mol. The maximum absolute atomic E-state index is 12.6. The summed E-state index contributed by atoms with van der Waals surface area (Å²) in [6, 6.07) is 0. The Morgan fingerprint density at radius 2 is 2.12 bits per heavy atom. The van der Waals surface area contributed by atoms with Gasteiger partial charge in [-0.2, -0.15) is 13.2 Å². The van der Waals surface area contributed by atoms with E-state index in [1.807, 2.05) is 11.9 Å². The molecule has 1 fully saturated rings. The molecule has 0 bridgehead atoms. The Labute approximate surface area is 95.2 Å². The maximum atomic E-state index is 12.6. The summed E-state index contributed by atoms with van der Waals surface area (Å²) in [6.45, 7) is 4.66. The van der Waals surface area contributed by atoms with Crippen molar-refractivity contribution in [1.29, 1.82) is 0 Å². The number of likely N-dealkylation sites (tertiary alicyclic amines) is 1. The first kappa shape index (κ1) is 13.8. The number of hydrogen-bond donors (Lipinski definition) is 1. The molecule has 0 aromatic heterocycles. The van der Waals surface area contributed by atoms with Crippen LogP contribution >= 0.6 is 0 Å². The lowest BCUT2D eigenvalue weighted by molar-refractivity contribution is -0.187. The van der Waals surface area contributed by atoms with E-state index >= 15 is 0 Å². The third-order valence-corrected chi connectivity index (χ3v) is 3.09. The lowest BCUT2D eigenvalue weighted by Gasteiger charge is -2.35. The molecule has 0 aliphatic carbocycles. The zero-order chi connectivity index (χ0) is 12.2. The smallest absolute Gasteiger partial charge is 0.319 e. The number of halogens is 3. The highest BCUT2D eigenvalue weighted by molar-refractivity contribution is 4.79. The van der Waals surface area contributed by atoms with Gasteiger partial charge in [-0.05, 0) is 38.9 Å². The maximum Gasteiger partial charge on any atom is 0.393 e. The van der Waals surface area contributed by atoms with Crippen LogP contribution in [0, 0.1) is 11.8 Å². The highest BCUT2D eigenvalue weighted by atomic mass is 19.4. The molecule has 2 atom stereocenters. The van der Waals surface area contributed by atoms with Gasteiger partial charge in [-0.1, -0.05) is 6.92 Å². The summed E-state index contributed by atoms with van der Waals surface area (Å²) in [5.74, 6) is -0.722. The molecular weight excluding hydrogens is 217 g/mol. The quantitative estimate of drug-likeness (QED) is 0.807. The molecule has 1 heterocycles. The zero-order valence-electron chi connectivity index (χ0n) is 9.98. The van der Waals surface area contributed by atoms with E-state index in [-0.39, 0.29) is 6.54 Å². The van der Waals surface area contributed by atoms with Crippen LogP contribution in [0.4, 0.5) is 13.2 Å². The van der Waals surface area contributed by atoms with Crippen LogP contribution in [0.2, 0.25) is 0 Å². The van der Waals surface area contributed by atoms with Crippen LogP contribution in [-0.4, -0.2) is 44.3 Å². The van der Waals surface area contributed by atoms with Gasteiger partial charge >= 0.3 is 6.18 Å². The van der Waals surface area contributed by atoms with Crippen molar-refractivity contribution in [2.75, 3.05) is 33.2 Å². The van der Waals surface area contributed by atoms with Crippen molar-refractivity contribution in [2.45, 2.75) is 25.9 Å². The predicted molar refractivity (Wildman–Crippen MR) is 58.3 cm³/mol. The summed E-state index contributed by atoms with van der Waals surface area (Å²) < 4.78 is 37.7. The molecule has 0 saturated carbocycles. The zero-order valence-corrected chi connectivity index (χ0v) is 9.98. The van der Waals surface area contributed by atoms with Crippen LogP contribution in [0.15, 0.2) is 0 Å². The second kappa shape index (κ2) is 5.87. The fraction of sp³-hybridized carbons (Fsp3) is 1.00. The van der Waals surface area contributed by atoms with Crippen molar-refractivity contribution in [3.05, 3.63) is 0 Å². The van der Waals surface area contributed by atoms with Crippen molar-refractivity contribution < 1.29 is 13.2 Å². The van der Waals surface area contributed by atoms with Gasteiger partial charge in [0.1, 0.15) is 0 Å². The monoisotopic (exact) mass is 238 g/mol. The Hall–Kier alpha value is -0.290. The normalized spacial score (nSPS) is 25.7. The SMILES string of the molecule is CNCC(C)CN1CCCC(C(F)(F)F)C1. The van der Waals surface area contributed by atoms with Crippen molar-refractivity contribution in [1.82, 2.24) is 10.2 Å². The predicted octanol–water partition coefficient (Wildman–Crippen LogP) is 2.12. The molecule has 0 spiro atoms. The molecule has 1 rings (SSSR count). The van der Waals surface area contributed by atoms with Crippen LogP contribution < -0.4 is 5.32 Å². The van der Waals surface area contributed by atoms with Crippen molar-refractivity contribution in [3.8, 4) is 0 Å². The van der Waals surface area contributed by atoms with E-state index in [4.69, 9.17) is 0 Å². The number of rotatable bonds is 4. The lowest BCUT2D eigenvalue weighted by Crippen LogP contribution is -2.44. The summed E-state index contributed by atoms with van der Waals surface area (Å²) in [7, 11) is 1.87. The van der Waals surface area contributed by atoms with Crippen molar-refractivity contribution in [3.63, 3.8) is 0 Å². The minimum Gasteiger partial charge on any atom is -0.319 e. The number of nitrogens with zero attached hydrogens (tertiary/aromatic N) is 1. The molecule has 2 unspecified atom stereocenters. The molecule has 2 nitrogen and oxygen atoms in total. The fourth-order valence-corrected chi connectivity index (χ4v) is 2.34. The first-order valence-electron chi connectivity index (χ1n) is 5.87. The minimum absolute atomic E-state index is 0.178. The van der Waals surface area contributed by atoms with Gasteiger partial charge in [0, 0.05) is 13.1 Å². The van der Waals surface area contributed by atoms with Crippen LogP contribution in [0.1, 0.15) is 19.8 Å². The van der Waals surface area contributed by atoms with Gasteiger partial charge in [0.05, 0.1) is 5.92 Å². The molecule has 1 aliphatic rings. The summed E-state index contributed by atoms with van der Waals surface area (Å²) in [4.78, 5) is 1.95. The molecule has 0 amide bonds. The molecule has 0 aromatic rings. The number of hydrogen-bond acceptors (Lipinski definition) is 2. The highest BCUT2D eigenvalue weighted by Crippen LogP contribution is 2.33. The Kier molecular flexibility index (Phi) is 5.05. The number of nitrogens with one attached hydrogen (secondary N) is 1. The molecular formula is C11H21F3N2. The van der Waals surface area contributed by atoms with Gasteiger partial charge < -0.3 is 10.2 Å². The number of alkyl halides is 3. The van der Waals surface area contributed by atoms with E-state index < -0.39 is 12.1 Å². The Morgan fingerprint density at radius 1 is 1.44 bits per heavy atom. The summed E-state index contributed by atoms with van der Waals surface area (Å²) in [5, 5.41) is 3.05. The second-order valence-corrected chi connectivity index (χ2v) is 4.80. The van der Waals surface area contributed by atoms with Crippen molar-refractivity contribution in [2.24, 2.45) is 11.8 Å². The summed E-state index contributed by atoms with van der Waals surface area (Å²) >= 11 is 0. The van der Waals surface area contributed by atoms with E-state index in [2.05, 4.69) is 12.2 Å². The third-order valence-electron chi connectivity index (χ3n) is 3.09. The molecule has 0 aromatic carbocycles. The van der Waals surface area contributed by atoms with E-state index in [0.29, 0.717) is 18.8 Å². The van der Waals surface area contributed by atoms with Gasteiger partial charge in [-0.15, -0.1) is 0 Å². The van der Waals surface area contributed by atoms with Crippen LogP contribution in [0.25, 0.3) is 0 Å². The Balaban J connectivity index is 2.39. The summed E-state index contributed by atoms with van der Waals surface area (Å²) in [6.07, 6.45) is -3.07. The van der Waals surface area contributed by atoms with Crippen LogP contribution in [0.5, 0.6) is 0 Å². The molecule has 0 radical (unpaired) electrons. The molecule has 16 heavy (non-hydrogen) atoms. The van der Waals surface area contributed by atoms with E-state index in [9.17, 15) is 13.2 Å². The van der Waals surface area contributed by atoms with Gasteiger partial charge in [-0.25, -0.2) is 0 Å². The van der Waals surface area contributed by atoms with Gasteiger partial charge in [0.15, 0.2) is 0 Å². The molecule has 1 N–H and O–H groups in total. The summed E-state index contributed by atoms with van der Waals surface area (Å²) in [5.41, 5.74) is 0. The molecule has 1 aliphatic heterocycles. The molecule has 96 valence electrons. The lowest BCUT2D eigenvalue weighted by atomic mass is 9.96. The Morgan fingerprint density at radius 3 is 2.69 bits per heavy atom. The van der Waals surface area contributed by atoms with Crippen LogP contribution in [0.3, 0.4) is 0 Å². The first-order valence-corrected chi connectivity index (χ1v) is 5.87. The fourth-order valence-electron chi connectivity index (χ4n) is 2.34. The standard InChI is InChI=1S/C11H21F3N2/c1-9(6-15-2)7-16-5-3-4-10(8-16)11(12,13)14/h9-10,15H,3-8H2,1-2H3. The second-order valence-electron chi connectivity index (χ2n) is 4.80. The third kappa shape index (κ3) is 4.29. The van der Waals surface area contributed by atoms with Gasteiger partial charge in [-0.3, -0.25) is 0 Å². The Bertz CT molecular complexity index is 206. The van der Waals surface area contributed by atoms with E-state index in [1.165, 1.54) is 0 Å². The largest absolute Gasteiger partial charge is 0.393 e. The van der Waals surface area contributed by atoms with Gasteiger partial charge in [0.25, 0.3) is 0 Å².